The van der Waals surface area contributed by atoms with Crippen molar-refractivity contribution in [2.24, 2.45) is 0 Å². The lowest BCUT2D eigenvalue weighted by Crippen LogP contribution is -2.49. The van der Waals surface area contributed by atoms with Crippen molar-refractivity contribution in [1.29, 1.82) is 0 Å². The largest absolute Gasteiger partial charge is 0.461 e. The van der Waals surface area contributed by atoms with E-state index in [4.69, 9.17) is 14.2 Å². The molecule has 0 radical (unpaired) electrons. The molecule has 0 spiro atoms. The molecule has 1 aliphatic carbocycles. The molecule has 0 N–H and O–H groups in total. The topological polar surface area (TPSA) is 78.9 Å². The maximum absolute atomic E-state index is 11.5. The number of methoxy groups -OCH3 is 1. The van der Waals surface area contributed by atoms with Crippen LogP contribution in [0.5, 0.6) is 0 Å². The van der Waals surface area contributed by atoms with Crippen LogP contribution in [0.15, 0.2) is 12.2 Å². The highest BCUT2D eigenvalue weighted by Gasteiger charge is 2.49. The fourth-order valence-electron chi connectivity index (χ4n) is 1.68. The van der Waals surface area contributed by atoms with Crippen LogP contribution in [-0.4, -0.2) is 43.1 Å². The summed E-state index contributed by atoms with van der Waals surface area (Å²) in [6.45, 7) is 2.19. The Hall–Kier alpha value is -1.69. The van der Waals surface area contributed by atoms with Gasteiger partial charge in [-0.3, -0.25) is 14.4 Å². The third-order valence-corrected chi connectivity index (χ3v) is 2.30. The summed E-state index contributed by atoms with van der Waals surface area (Å²) in [5.74, 6) is -1.45. The van der Waals surface area contributed by atoms with Crippen LogP contribution >= 0.6 is 0 Å². The van der Waals surface area contributed by atoms with Crippen LogP contribution in [0.4, 0.5) is 0 Å². The Morgan fingerprint density at radius 2 is 2.00 bits per heavy atom. The number of rotatable bonds is 4. The van der Waals surface area contributed by atoms with Crippen molar-refractivity contribution in [3.05, 3.63) is 12.2 Å². The van der Waals surface area contributed by atoms with Crippen LogP contribution in [-0.2, 0) is 28.6 Å². The SMILES string of the molecule is COC1C(=O)C=CC1(COC(C)=O)OC(C)=O. The second-order valence-electron chi connectivity index (χ2n) is 3.68. The van der Waals surface area contributed by atoms with E-state index in [0.29, 0.717) is 0 Å². The number of carbonyl (C=O) groups is 3. The molecule has 2 unspecified atom stereocenters. The van der Waals surface area contributed by atoms with E-state index in [0.717, 1.165) is 0 Å². The van der Waals surface area contributed by atoms with Gasteiger partial charge in [0.25, 0.3) is 0 Å². The van der Waals surface area contributed by atoms with Gasteiger partial charge in [-0.1, -0.05) is 0 Å². The molecule has 6 heteroatoms. The van der Waals surface area contributed by atoms with Gasteiger partial charge in [0.2, 0.25) is 0 Å². The van der Waals surface area contributed by atoms with E-state index in [1.165, 1.54) is 33.1 Å². The highest BCUT2D eigenvalue weighted by Crippen LogP contribution is 2.28. The van der Waals surface area contributed by atoms with E-state index in [1.807, 2.05) is 0 Å². The first kappa shape index (κ1) is 13.4. The van der Waals surface area contributed by atoms with Gasteiger partial charge in [-0.2, -0.15) is 0 Å². The van der Waals surface area contributed by atoms with Crippen molar-refractivity contribution in [1.82, 2.24) is 0 Å². The number of carbonyl (C=O) groups excluding carboxylic acids is 3. The summed E-state index contributed by atoms with van der Waals surface area (Å²) in [6, 6.07) is 0. The van der Waals surface area contributed by atoms with Gasteiger partial charge in [0.15, 0.2) is 17.5 Å². The van der Waals surface area contributed by atoms with Crippen LogP contribution < -0.4 is 0 Å². The van der Waals surface area contributed by atoms with E-state index in [1.54, 1.807) is 0 Å². The molecule has 0 bridgehead atoms. The second kappa shape index (κ2) is 5.09. The zero-order valence-electron chi connectivity index (χ0n) is 9.89. The monoisotopic (exact) mass is 242 g/mol. The first-order valence-electron chi connectivity index (χ1n) is 5.00. The third kappa shape index (κ3) is 2.91. The summed E-state index contributed by atoms with van der Waals surface area (Å²) >= 11 is 0. The van der Waals surface area contributed by atoms with Crippen LogP contribution in [0.25, 0.3) is 0 Å². The minimum Gasteiger partial charge on any atom is -0.461 e. The fraction of sp³-hybridized carbons (Fsp3) is 0.545. The summed E-state index contributed by atoms with van der Waals surface area (Å²) in [7, 11) is 1.32. The standard InChI is InChI=1S/C11H14O6/c1-7(12)16-6-11(17-8(2)13)5-4-9(14)10(11)15-3/h4-5,10H,6H2,1-3H3. The van der Waals surface area contributed by atoms with Gasteiger partial charge in [-0.05, 0) is 12.2 Å². The van der Waals surface area contributed by atoms with Gasteiger partial charge in [-0.15, -0.1) is 0 Å². The van der Waals surface area contributed by atoms with Crippen molar-refractivity contribution in [3.63, 3.8) is 0 Å². The van der Waals surface area contributed by atoms with Crippen molar-refractivity contribution in [3.8, 4) is 0 Å². The lowest BCUT2D eigenvalue weighted by molar-refractivity contribution is -0.178. The lowest BCUT2D eigenvalue weighted by atomic mass is 10.0. The van der Waals surface area contributed by atoms with Crippen molar-refractivity contribution in [2.75, 3.05) is 13.7 Å². The summed E-state index contributed by atoms with van der Waals surface area (Å²) < 4.78 is 14.9. The van der Waals surface area contributed by atoms with Crippen molar-refractivity contribution >= 4 is 17.7 Å². The molecule has 94 valence electrons. The molecule has 1 aliphatic rings. The van der Waals surface area contributed by atoms with Gasteiger partial charge in [-0.25, -0.2) is 0 Å². The molecule has 1 rings (SSSR count). The second-order valence-corrected chi connectivity index (χ2v) is 3.68. The number of ketones is 1. The van der Waals surface area contributed by atoms with E-state index >= 15 is 0 Å². The molecule has 0 aliphatic heterocycles. The normalized spacial score (nSPS) is 27.0. The Kier molecular flexibility index (Phi) is 4.01. The van der Waals surface area contributed by atoms with Crippen LogP contribution in [0.2, 0.25) is 0 Å². The molecule has 0 saturated carbocycles. The maximum Gasteiger partial charge on any atom is 0.303 e. The first-order chi connectivity index (χ1) is 7.91. The van der Waals surface area contributed by atoms with Crippen LogP contribution in [0.1, 0.15) is 13.8 Å². The Labute approximate surface area is 98.5 Å². The number of hydrogen-bond donors (Lipinski definition) is 0. The summed E-state index contributed by atoms with van der Waals surface area (Å²) in [6.07, 6.45) is 1.65. The lowest BCUT2D eigenvalue weighted by Gasteiger charge is -2.31. The summed E-state index contributed by atoms with van der Waals surface area (Å²) in [4.78, 5) is 33.4. The Morgan fingerprint density at radius 3 is 2.47 bits per heavy atom. The van der Waals surface area contributed by atoms with Crippen molar-refractivity contribution in [2.45, 2.75) is 25.6 Å². The molecule has 17 heavy (non-hydrogen) atoms. The first-order valence-corrected chi connectivity index (χ1v) is 5.00. The number of hydrogen-bond acceptors (Lipinski definition) is 6. The van der Waals surface area contributed by atoms with Gasteiger partial charge in [0, 0.05) is 21.0 Å². The molecule has 0 amide bonds. The quantitative estimate of drug-likeness (QED) is 0.646. The number of ether oxygens (including phenoxy) is 3. The average Bonchev–Trinajstić information content (AvgIpc) is 2.52. The Bertz CT molecular complexity index is 372. The molecule has 0 fully saturated rings. The van der Waals surface area contributed by atoms with Gasteiger partial charge in [0.05, 0.1) is 0 Å². The van der Waals surface area contributed by atoms with E-state index in [9.17, 15) is 14.4 Å². The molecular formula is C11H14O6. The Balaban J connectivity index is 2.93. The smallest absolute Gasteiger partial charge is 0.303 e. The van der Waals surface area contributed by atoms with Gasteiger partial charge >= 0.3 is 11.9 Å². The fourth-order valence-corrected chi connectivity index (χ4v) is 1.68. The van der Waals surface area contributed by atoms with Crippen LogP contribution in [0.3, 0.4) is 0 Å². The molecule has 2 atom stereocenters. The molecule has 0 aromatic rings. The molecule has 0 heterocycles. The Morgan fingerprint density at radius 1 is 1.35 bits per heavy atom. The van der Waals surface area contributed by atoms with E-state index in [-0.39, 0.29) is 12.4 Å². The molecule has 0 aromatic carbocycles. The summed E-state index contributed by atoms with van der Waals surface area (Å²) in [5.41, 5.74) is -1.36. The zero-order chi connectivity index (χ0) is 13.1. The average molecular weight is 242 g/mol. The third-order valence-electron chi connectivity index (χ3n) is 2.30. The molecule has 0 saturated heterocycles. The predicted molar refractivity (Wildman–Crippen MR) is 56.1 cm³/mol. The zero-order valence-corrected chi connectivity index (χ0v) is 9.89. The van der Waals surface area contributed by atoms with Crippen LogP contribution in [0, 0.1) is 0 Å². The molecular weight excluding hydrogens is 228 g/mol. The highest BCUT2D eigenvalue weighted by molar-refractivity contribution is 5.98. The van der Waals surface area contributed by atoms with E-state index < -0.39 is 23.6 Å². The van der Waals surface area contributed by atoms with Gasteiger partial charge < -0.3 is 14.2 Å². The number of esters is 2. The molecule has 6 nitrogen and oxygen atoms in total. The maximum atomic E-state index is 11.5. The predicted octanol–water partition coefficient (Wildman–Crippen LogP) is 0.00530. The molecule has 0 aromatic heterocycles. The minimum absolute atomic E-state index is 0.247. The van der Waals surface area contributed by atoms with Gasteiger partial charge in [0.1, 0.15) is 6.61 Å². The highest BCUT2D eigenvalue weighted by atomic mass is 16.6. The minimum atomic E-state index is -1.36. The van der Waals surface area contributed by atoms with Crippen molar-refractivity contribution < 1.29 is 28.6 Å². The van der Waals surface area contributed by atoms with E-state index in [2.05, 4.69) is 0 Å². The summed E-state index contributed by atoms with van der Waals surface area (Å²) in [5, 5.41) is 0.